The van der Waals surface area contributed by atoms with Crippen molar-refractivity contribution in [3.05, 3.63) is 35.4 Å². The first-order valence-corrected chi connectivity index (χ1v) is 5.37. The van der Waals surface area contributed by atoms with Gasteiger partial charge in [0.15, 0.2) is 0 Å². The number of nitrogens with two attached hydrogens (primary N) is 1. The number of alkyl halides is 3. The zero-order chi connectivity index (χ0) is 11.8. The summed E-state index contributed by atoms with van der Waals surface area (Å²) in [6.07, 6.45) is -1.68. The molecular weight excluding hydrogens is 215 g/mol. The fourth-order valence-electron chi connectivity index (χ4n) is 2.16. The molecule has 0 atom stereocenters. The largest absolute Gasteiger partial charge is 0.416 e. The van der Waals surface area contributed by atoms with Crippen LogP contribution in [0.4, 0.5) is 13.2 Å². The summed E-state index contributed by atoms with van der Waals surface area (Å²) in [6, 6.07) is 5.81. The molecule has 0 heterocycles. The first-order valence-electron chi connectivity index (χ1n) is 5.37. The number of halogens is 3. The highest BCUT2D eigenvalue weighted by molar-refractivity contribution is 5.26. The second-order valence-electron chi connectivity index (χ2n) is 4.50. The zero-order valence-corrected chi connectivity index (χ0v) is 8.80. The van der Waals surface area contributed by atoms with E-state index < -0.39 is 11.7 Å². The molecule has 1 fully saturated rings. The number of benzene rings is 1. The van der Waals surface area contributed by atoms with Crippen LogP contribution in [0.25, 0.3) is 0 Å². The second-order valence-corrected chi connectivity index (χ2v) is 4.50. The SMILES string of the molecule is NC1CC(Cc2cccc(C(F)(F)F)c2)C1. The Morgan fingerprint density at radius 1 is 1.25 bits per heavy atom. The Morgan fingerprint density at radius 2 is 1.94 bits per heavy atom. The van der Waals surface area contributed by atoms with Crippen LogP contribution in [0, 0.1) is 5.92 Å². The monoisotopic (exact) mass is 229 g/mol. The maximum Gasteiger partial charge on any atom is 0.416 e. The van der Waals surface area contributed by atoms with Gasteiger partial charge in [0, 0.05) is 6.04 Å². The van der Waals surface area contributed by atoms with Crippen LogP contribution in [0.5, 0.6) is 0 Å². The topological polar surface area (TPSA) is 26.0 Å². The van der Waals surface area contributed by atoms with E-state index in [4.69, 9.17) is 5.73 Å². The lowest BCUT2D eigenvalue weighted by Gasteiger charge is -2.32. The fraction of sp³-hybridized carbons (Fsp3) is 0.500. The van der Waals surface area contributed by atoms with E-state index in [1.165, 1.54) is 12.1 Å². The molecule has 0 bridgehead atoms. The van der Waals surface area contributed by atoms with Crippen LogP contribution in [-0.4, -0.2) is 6.04 Å². The number of rotatable bonds is 2. The first-order chi connectivity index (χ1) is 7.45. The maximum atomic E-state index is 12.4. The summed E-state index contributed by atoms with van der Waals surface area (Å²) in [7, 11) is 0. The van der Waals surface area contributed by atoms with E-state index in [-0.39, 0.29) is 6.04 Å². The maximum absolute atomic E-state index is 12.4. The number of hydrogen-bond acceptors (Lipinski definition) is 1. The molecule has 4 heteroatoms. The van der Waals surface area contributed by atoms with Crippen LogP contribution in [0.15, 0.2) is 24.3 Å². The summed E-state index contributed by atoms with van der Waals surface area (Å²) in [5.41, 5.74) is 5.84. The van der Waals surface area contributed by atoms with Crippen LogP contribution < -0.4 is 5.73 Å². The standard InChI is InChI=1S/C12H14F3N/c13-12(14,15)10-3-1-2-8(5-10)4-9-6-11(16)7-9/h1-3,5,9,11H,4,6-7,16H2. The van der Waals surface area contributed by atoms with Gasteiger partial charge in [-0.15, -0.1) is 0 Å². The van der Waals surface area contributed by atoms with Gasteiger partial charge in [0.2, 0.25) is 0 Å². The third-order valence-corrected chi connectivity index (χ3v) is 3.05. The quantitative estimate of drug-likeness (QED) is 0.828. The molecule has 0 saturated heterocycles. The lowest BCUT2D eigenvalue weighted by Crippen LogP contribution is -2.37. The van der Waals surface area contributed by atoms with Gasteiger partial charge < -0.3 is 5.73 Å². The third kappa shape index (κ3) is 2.55. The molecule has 0 unspecified atom stereocenters. The Morgan fingerprint density at radius 3 is 2.50 bits per heavy atom. The van der Waals surface area contributed by atoms with Crippen molar-refractivity contribution in [2.45, 2.75) is 31.5 Å². The van der Waals surface area contributed by atoms with Crippen LogP contribution >= 0.6 is 0 Å². The molecule has 0 radical (unpaired) electrons. The Kier molecular flexibility index (Phi) is 2.93. The summed E-state index contributed by atoms with van der Waals surface area (Å²) in [6.45, 7) is 0. The van der Waals surface area contributed by atoms with Crippen molar-refractivity contribution in [3.63, 3.8) is 0 Å². The van der Waals surface area contributed by atoms with Gasteiger partial charge in [-0.1, -0.05) is 18.2 Å². The van der Waals surface area contributed by atoms with Gasteiger partial charge in [0.1, 0.15) is 0 Å². The van der Waals surface area contributed by atoms with Gasteiger partial charge in [-0.3, -0.25) is 0 Å². The van der Waals surface area contributed by atoms with E-state index in [9.17, 15) is 13.2 Å². The first kappa shape index (κ1) is 11.5. The minimum atomic E-state index is -4.24. The zero-order valence-electron chi connectivity index (χ0n) is 8.80. The van der Waals surface area contributed by atoms with Gasteiger partial charge in [0.25, 0.3) is 0 Å². The van der Waals surface area contributed by atoms with Crippen molar-refractivity contribution in [1.29, 1.82) is 0 Å². The molecule has 1 aliphatic rings. The highest BCUT2D eigenvalue weighted by Crippen LogP contribution is 2.32. The Labute approximate surface area is 92.5 Å². The highest BCUT2D eigenvalue weighted by Gasteiger charge is 2.31. The van der Waals surface area contributed by atoms with Crippen molar-refractivity contribution in [3.8, 4) is 0 Å². The normalized spacial score (nSPS) is 25.2. The molecule has 0 aromatic heterocycles. The summed E-state index contributed by atoms with van der Waals surface area (Å²) in [5.74, 6) is 0.457. The van der Waals surface area contributed by atoms with Gasteiger partial charge in [0.05, 0.1) is 5.56 Å². The van der Waals surface area contributed by atoms with Crippen molar-refractivity contribution >= 4 is 0 Å². The van der Waals surface area contributed by atoms with E-state index in [0.29, 0.717) is 12.3 Å². The van der Waals surface area contributed by atoms with Crippen LogP contribution in [0.2, 0.25) is 0 Å². The molecule has 1 aromatic carbocycles. The van der Waals surface area contributed by atoms with Gasteiger partial charge >= 0.3 is 6.18 Å². The summed E-state index contributed by atoms with van der Waals surface area (Å²) >= 11 is 0. The third-order valence-electron chi connectivity index (χ3n) is 3.05. The Bertz CT molecular complexity index is 367. The molecule has 16 heavy (non-hydrogen) atoms. The predicted octanol–water partition coefficient (Wildman–Crippen LogP) is 2.99. The van der Waals surface area contributed by atoms with E-state index >= 15 is 0 Å². The summed E-state index contributed by atoms with van der Waals surface area (Å²) in [4.78, 5) is 0. The lowest BCUT2D eigenvalue weighted by molar-refractivity contribution is -0.137. The molecule has 1 aliphatic carbocycles. The smallest absolute Gasteiger partial charge is 0.328 e. The summed E-state index contributed by atoms with van der Waals surface area (Å²) in [5, 5.41) is 0. The molecule has 0 spiro atoms. The van der Waals surface area contributed by atoms with Gasteiger partial charge in [-0.05, 0) is 36.8 Å². The predicted molar refractivity (Wildman–Crippen MR) is 55.8 cm³/mol. The van der Waals surface area contributed by atoms with E-state index in [1.807, 2.05) is 0 Å². The van der Waals surface area contributed by atoms with E-state index in [1.54, 1.807) is 6.07 Å². The lowest BCUT2D eigenvalue weighted by atomic mass is 9.77. The second kappa shape index (κ2) is 4.09. The minimum Gasteiger partial charge on any atom is -0.328 e. The average Bonchev–Trinajstić information content (AvgIpc) is 2.14. The molecule has 88 valence electrons. The Balaban J connectivity index is 2.05. The van der Waals surface area contributed by atoms with Crippen LogP contribution in [0.3, 0.4) is 0 Å². The van der Waals surface area contributed by atoms with Crippen LogP contribution in [-0.2, 0) is 12.6 Å². The van der Waals surface area contributed by atoms with Crippen molar-refractivity contribution in [2.24, 2.45) is 11.7 Å². The molecule has 1 saturated carbocycles. The van der Waals surface area contributed by atoms with E-state index in [2.05, 4.69) is 0 Å². The molecule has 2 rings (SSSR count). The minimum absolute atomic E-state index is 0.246. The molecule has 1 aromatic rings. The molecule has 1 nitrogen and oxygen atoms in total. The molecule has 2 N–H and O–H groups in total. The van der Waals surface area contributed by atoms with Crippen molar-refractivity contribution < 1.29 is 13.2 Å². The number of hydrogen-bond donors (Lipinski definition) is 1. The van der Waals surface area contributed by atoms with Gasteiger partial charge in [-0.2, -0.15) is 13.2 Å². The molecular formula is C12H14F3N. The van der Waals surface area contributed by atoms with Crippen molar-refractivity contribution in [2.75, 3.05) is 0 Å². The van der Waals surface area contributed by atoms with E-state index in [0.717, 1.165) is 24.5 Å². The average molecular weight is 229 g/mol. The summed E-state index contributed by atoms with van der Waals surface area (Å²) < 4.78 is 37.3. The molecule has 0 aliphatic heterocycles. The Hall–Kier alpha value is -1.03. The highest BCUT2D eigenvalue weighted by atomic mass is 19.4. The van der Waals surface area contributed by atoms with Crippen molar-refractivity contribution in [1.82, 2.24) is 0 Å². The molecule has 0 amide bonds. The van der Waals surface area contributed by atoms with Crippen LogP contribution in [0.1, 0.15) is 24.0 Å². The fourth-order valence-corrected chi connectivity index (χ4v) is 2.16. The van der Waals surface area contributed by atoms with Gasteiger partial charge in [-0.25, -0.2) is 0 Å².